The first-order valence-electron chi connectivity index (χ1n) is 4.37. The summed E-state index contributed by atoms with van der Waals surface area (Å²) in [5.41, 5.74) is 0.126. The Morgan fingerprint density at radius 3 is 2.64 bits per heavy atom. The lowest BCUT2D eigenvalue weighted by atomic mass is 9.82. The average molecular weight is 218 g/mol. The predicted molar refractivity (Wildman–Crippen MR) is 53.6 cm³/mol. The minimum Gasteiger partial charge on any atom is -0.303 e. The Hall–Kier alpha value is -0.410. The van der Waals surface area contributed by atoms with Gasteiger partial charge in [-0.1, -0.05) is 30.7 Å². The van der Waals surface area contributed by atoms with Crippen LogP contribution in [-0.4, -0.2) is 15.4 Å². The maximum Gasteiger partial charge on any atom is 0.470 e. The number of phosphoric acid groups is 1. The Bertz CT molecular complexity index is 328. The van der Waals surface area contributed by atoms with Crippen molar-refractivity contribution in [1.29, 1.82) is 0 Å². The molecule has 0 aromatic rings. The lowest BCUT2D eigenvalue weighted by molar-refractivity contribution is 0.0559. The standard InChI is InChI=1S/C9H15O4P/c1-7-5-4-6-9(3,8(7)2)13-14(10,11)12/h4-6,8H,1-3H3,(H2,10,11,12). The van der Waals surface area contributed by atoms with Crippen molar-refractivity contribution in [3.63, 3.8) is 0 Å². The molecule has 0 aliphatic heterocycles. The zero-order chi connectivity index (χ0) is 11.0. The third-order valence-electron chi connectivity index (χ3n) is 2.64. The number of phosphoric ester groups is 1. The third-order valence-corrected chi connectivity index (χ3v) is 3.28. The lowest BCUT2D eigenvalue weighted by Gasteiger charge is -2.35. The molecule has 0 amide bonds. The fraction of sp³-hybridized carbons (Fsp3) is 0.556. The van der Waals surface area contributed by atoms with Crippen molar-refractivity contribution >= 4 is 7.82 Å². The number of hydrogen-bond donors (Lipinski definition) is 2. The second kappa shape index (κ2) is 3.63. The van der Waals surface area contributed by atoms with Gasteiger partial charge in [0.25, 0.3) is 0 Å². The monoisotopic (exact) mass is 218 g/mol. The van der Waals surface area contributed by atoms with Crippen molar-refractivity contribution in [3.05, 3.63) is 23.8 Å². The van der Waals surface area contributed by atoms with Crippen molar-refractivity contribution in [2.75, 3.05) is 0 Å². The first-order chi connectivity index (χ1) is 6.25. The molecule has 5 heteroatoms. The van der Waals surface area contributed by atoms with E-state index in [2.05, 4.69) is 0 Å². The van der Waals surface area contributed by atoms with E-state index >= 15 is 0 Å². The Kier molecular flexibility index (Phi) is 3.02. The van der Waals surface area contributed by atoms with Crippen LogP contribution in [-0.2, 0) is 9.09 Å². The summed E-state index contributed by atoms with van der Waals surface area (Å²) in [6.45, 7) is 5.46. The maximum atomic E-state index is 10.8. The second-order valence-corrected chi connectivity index (χ2v) is 4.92. The zero-order valence-electron chi connectivity index (χ0n) is 8.47. The SMILES string of the molecule is CC1=CC=CC(C)(OP(=O)(O)O)C1C. The zero-order valence-corrected chi connectivity index (χ0v) is 9.36. The first kappa shape index (κ1) is 11.7. The number of rotatable bonds is 2. The van der Waals surface area contributed by atoms with Gasteiger partial charge in [0, 0.05) is 5.92 Å². The molecule has 1 aliphatic rings. The van der Waals surface area contributed by atoms with E-state index in [9.17, 15) is 4.57 Å². The van der Waals surface area contributed by atoms with Crippen LogP contribution in [0.1, 0.15) is 20.8 Å². The van der Waals surface area contributed by atoms with Crippen molar-refractivity contribution in [2.45, 2.75) is 26.4 Å². The van der Waals surface area contributed by atoms with E-state index < -0.39 is 13.4 Å². The molecular weight excluding hydrogens is 203 g/mol. The van der Waals surface area contributed by atoms with Gasteiger partial charge in [0.2, 0.25) is 0 Å². The van der Waals surface area contributed by atoms with Gasteiger partial charge < -0.3 is 9.79 Å². The molecule has 0 aromatic heterocycles. The van der Waals surface area contributed by atoms with Crippen molar-refractivity contribution in [3.8, 4) is 0 Å². The molecule has 0 aromatic carbocycles. The molecule has 2 unspecified atom stereocenters. The largest absolute Gasteiger partial charge is 0.470 e. The summed E-state index contributed by atoms with van der Waals surface area (Å²) in [4.78, 5) is 17.5. The van der Waals surface area contributed by atoms with Crippen LogP contribution in [0.2, 0.25) is 0 Å². The maximum absolute atomic E-state index is 10.8. The third kappa shape index (κ3) is 2.55. The molecule has 2 N–H and O–H groups in total. The van der Waals surface area contributed by atoms with E-state index in [0.29, 0.717) is 0 Å². The van der Waals surface area contributed by atoms with Crippen LogP contribution in [0, 0.1) is 5.92 Å². The van der Waals surface area contributed by atoms with E-state index in [0.717, 1.165) is 5.57 Å². The highest BCUT2D eigenvalue weighted by Gasteiger charge is 2.38. The molecule has 14 heavy (non-hydrogen) atoms. The summed E-state index contributed by atoms with van der Waals surface area (Å²) in [6.07, 6.45) is 5.34. The molecule has 1 aliphatic carbocycles. The fourth-order valence-corrected chi connectivity index (χ4v) is 2.23. The normalized spacial score (nSPS) is 32.9. The van der Waals surface area contributed by atoms with Crippen LogP contribution in [0.15, 0.2) is 23.8 Å². The predicted octanol–water partition coefficient (Wildman–Crippen LogP) is 2.01. The molecule has 0 heterocycles. The van der Waals surface area contributed by atoms with Gasteiger partial charge in [-0.05, 0) is 13.8 Å². The highest BCUT2D eigenvalue weighted by Crippen LogP contribution is 2.46. The van der Waals surface area contributed by atoms with E-state index in [4.69, 9.17) is 14.3 Å². The first-order valence-corrected chi connectivity index (χ1v) is 5.90. The van der Waals surface area contributed by atoms with Crippen molar-refractivity contribution in [2.24, 2.45) is 5.92 Å². The van der Waals surface area contributed by atoms with E-state index in [1.165, 1.54) is 0 Å². The molecule has 0 spiro atoms. The van der Waals surface area contributed by atoms with Crippen LogP contribution in [0.4, 0.5) is 0 Å². The summed E-state index contributed by atoms with van der Waals surface area (Å²) in [6, 6.07) is 0. The molecule has 2 atom stereocenters. The Labute approximate surface area is 83.5 Å². The second-order valence-electron chi connectivity index (χ2n) is 3.76. The van der Waals surface area contributed by atoms with E-state index in [1.54, 1.807) is 19.1 Å². The Balaban J connectivity index is 2.91. The van der Waals surface area contributed by atoms with Crippen LogP contribution in [0.25, 0.3) is 0 Å². The van der Waals surface area contributed by atoms with E-state index in [1.807, 2.05) is 19.9 Å². The van der Waals surface area contributed by atoms with Gasteiger partial charge in [-0.2, -0.15) is 0 Å². The van der Waals surface area contributed by atoms with Gasteiger partial charge in [0.1, 0.15) is 5.60 Å². The minimum absolute atomic E-state index is 0.0416. The van der Waals surface area contributed by atoms with Gasteiger partial charge in [-0.15, -0.1) is 0 Å². The van der Waals surface area contributed by atoms with Crippen LogP contribution >= 0.6 is 7.82 Å². The van der Waals surface area contributed by atoms with Crippen LogP contribution in [0.5, 0.6) is 0 Å². The molecule has 0 radical (unpaired) electrons. The summed E-state index contributed by atoms with van der Waals surface area (Å²) < 4.78 is 15.6. The molecule has 0 bridgehead atoms. The molecule has 0 fully saturated rings. The van der Waals surface area contributed by atoms with Gasteiger partial charge >= 0.3 is 7.82 Å². The average Bonchev–Trinajstić information content (AvgIpc) is 1.97. The smallest absolute Gasteiger partial charge is 0.303 e. The number of allylic oxidation sites excluding steroid dienone is 2. The van der Waals surface area contributed by atoms with Crippen LogP contribution in [0.3, 0.4) is 0 Å². The quantitative estimate of drug-likeness (QED) is 0.695. The summed E-state index contributed by atoms with van der Waals surface area (Å²) in [7, 11) is -4.44. The van der Waals surface area contributed by atoms with Crippen LogP contribution < -0.4 is 0 Å². The molecule has 0 saturated heterocycles. The summed E-state index contributed by atoms with van der Waals surface area (Å²) >= 11 is 0. The highest BCUT2D eigenvalue weighted by atomic mass is 31.2. The lowest BCUT2D eigenvalue weighted by Crippen LogP contribution is -2.35. The topological polar surface area (TPSA) is 66.8 Å². The molecule has 1 rings (SSSR count). The molecule has 4 nitrogen and oxygen atoms in total. The van der Waals surface area contributed by atoms with Gasteiger partial charge in [0.05, 0.1) is 0 Å². The molecule has 80 valence electrons. The highest BCUT2D eigenvalue weighted by molar-refractivity contribution is 7.46. The number of hydrogen-bond acceptors (Lipinski definition) is 2. The Morgan fingerprint density at radius 2 is 2.14 bits per heavy atom. The summed E-state index contributed by atoms with van der Waals surface area (Å²) in [5.74, 6) is -0.0416. The fourth-order valence-electron chi connectivity index (χ4n) is 1.50. The van der Waals surface area contributed by atoms with E-state index in [-0.39, 0.29) is 5.92 Å². The minimum atomic E-state index is -4.44. The molecular formula is C9H15O4P. The van der Waals surface area contributed by atoms with Crippen molar-refractivity contribution in [1.82, 2.24) is 0 Å². The van der Waals surface area contributed by atoms with Gasteiger partial charge in [-0.25, -0.2) is 4.57 Å². The summed E-state index contributed by atoms with van der Waals surface area (Å²) in [5, 5.41) is 0. The van der Waals surface area contributed by atoms with Gasteiger partial charge in [-0.3, -0.25) is 4.52 Å². The molecule has 0 saturated carbocycles. The Morgan fingerprint density at radius 1 is 1.57 bits per heavy atom. The van der Waals surface area contributed by atoms with Gasteiger partial charge in [0.15, 0.2) is 0 Å². The van der Waals surface area contributed by atoms with Crippen molar-refractivity contribution < 1.29 is 18.9 Å².